The Balaban J connectivity index is 1.23. The molecule has 0 aliphatic heterocycles. The van der Waals surface area contributed by atoms with Gasteiger partial charge < -0.3 is 28.7 Å². The van der Waals surface area contributed by atoms with Crippen molar-refractivity contribution in [3.63, 3.8) is 0 Å². The third kappa shape index (κ3) is 8.33. The van der Waals surface area contributed by atoms with Crippen molar-refractivity contribution in [3.05, 3.63) is 83.2 Å². The van der Waals surface area contributed by atoms with E-state index in [2.05, 4.69) is 5.32 Å². The number of furan rings is 1. The predicted octanol–water partition coefficient (Wildman–Crippen LogP) is 5.53. The van der Waals surface area contributed by atoms with Crippen LogP contribution < -0.4 is 14.4 Å². The van der Waals surface area contributed by atoms with Crippen LogP contribution in [0.3, 0.4) is 0 Å². The molecule has 0 unspecified atom stereocenters. The van der Waals surface area contributed by atoms with E-state index >= 15 is 0 Å². The third-order valence-electron chi connectivity index (χ3n) is 7.76. The van der Waals surface area contributed by atoms with Gasteiger partial charge in [-0.05, 0) is 73.7 Å². The molecule has 1 amide bonds. The molecule has 1 aliphatic rings. The van der Waals surface area contributed by atoms with Crippen LogP contribution in [0, 0.1) is 5.82 Å². The van der Waals surface area contributed by atoms with Crippen molar-refractivity contribution in [1.29, 1.82) is 0 Å². The van der Waals surface area contributed by atoms with E-state index in [-0.39, 0.29) is 63.8 Å². The summed E-state index contributed by atoms with van der Waals surface area (Å²) in [5.41, 5.74) is 2.77. The fourth-order valence-electron chi connectivity index (χ4n) is 5.36. The zero-order valence-corrected chi connectivity index (χ0v) is 27.9. The molecule has 1 heterocycles. The summed E-state index contributed by atoms with van der Waals surface area (Å²) < 4.78 is 69.3. The number of benzene rings is 3. The van der Waals surface area contributed by atoms with Crippen LogP contribution in [-0.4, -0.2) is 79.8 Å². The van der Waals surface area contributed by atoms with Gasteiger partial charge in [0.05, 0.1) is 57.1 Å². The van der Waals surface area contributed by atoms with Crippen LogP contribution in [0.15, 0.2) is 65.1 Å². The second kappa shape index (κ2) is 15.6. The number of rotatable bonds is 17. The number of nitrogens with one attached hydrogen (secondary N) is 1. The summed E-state index contributed by atoms with van der Waals surface area (Å²) in [4.78, 5) is 25.1. The van der Waals surface area contributed by atoms with E-state index in [1.54, 1.807) is 37.3 Å². The minimum absolute atomic E-state index is 0.0473. The number of para-hydroxylation sites is 1. The standard InChI is InChI=1S/C35H39FN2O9S/c1-4-45-35(40)26-7-5-6-8-30(26)46-20-19-44-18-17-43-16-15-38(48(3,41)42)29-22-31-28(21-27(29)23-9-10-23)32(34(39)37-2)33(47-31)24-11-13-25(36)14-12-24/h5-8,11-14,21-23H,4,9-10,15-20H2,1-3H3,(H,37,39). The zero-order chi connectivity index (χ0) is 34.3. The Bertz CT molecular complexity index is 1850. The van der Waals surface area contributed by atoms with Crippen molar-refractivity contribution < 1.29 is 45.8 Å². The number of nitrogens with zero attached hydrogens (tertiary/aromatic N) is 1. The first kappa shape index (κ1) is 34.9. The summed E-state index contributed by atoms with van der Waals surface area (Å²) in [6, 6.07) is 16.0. The van der Waals surface area contributed by atoms with Crippen molar-refractivity contribution in [2.45, 2.75) is 25.7 Å². The number of carbonyl (C=O) groups excluding carboxylic acids is 2. The minimum Gasteiger partial charge on any atom is -0.490 e. The maximum Gasteiger partial charge on any atom is 0.341 e. The number of carbonyl (C=O) groups is 2. The highest BCUT2D eigenvalue weighted by Crippen LogP contribution is 2.48. The number of halogens is 1. The van der Waals surface area contributed by atoms with E-state index in [4.69, 9.17) is 23.4 Å². The molecule has 13 heteroatoms. The van der Waals surface area contributed by atoms with Gasteiger partial charge in [-0.3, -0.25) is 9.10 Å². The second-order valence-electron chi connectivity index (χ2n) is 11.2. The lowest BCUT2D eigenvalue weighted by atomic mass is 10.0. The lowest BCUT2D eigenvalue weighted by Gasteiger charge is -2.25. The molecule has 1 fully saturated rings. The van der Waals surface area contributed by atoms with Gasteiger partial charge in [0.25, 0.3) is 5.91 Å². The van der Waals surface area contributed by atoms with Crippen LogP contribution in [-0.2, 0) is 24.2 Å². The lowest BCUT2D eigenvalue weighted by molar-refractivity contribution is 0.0382. The van der Waals surface area contributed by atoms with Gasteiger partial charge in [0.15, 0.2) is 0 Å². The third-order valence-corrected chi connectivity index (χ3v) is 8.94. The van der Waals surface area contributed by atoms with Crippen molar-refractivity contribution in [2.75, 3.05) is 63.8 Å². The molecule has 0 bridgehead atoms. The molecule has 5 rings (SSSR count). The van der Waals surface area contributed by atoms with Crippen molar-refractivity contribution in [1.82, 2.24) is 5.32 Å². The number of amides is 1. The summed E-state index contributed by atoms with van der Waals surface area (Å²) in [5, 5.41) is 3.20. The summed E-state index contributed by atoms with van der Waals surface area (Å²) in [6.07, 6.45) is 2.92. The van der Waals surface area contributed by atoms with Crippen LogP contribution in [0.1, 0.15) is 52.0 Å². The summed E-state index contributed by atoms with van der Waals surface area (Å²) in [5.74, 6) is -0.433. The van der Waals surface area contributed by atoms with E-state index in [1.165, 1.54) is 35.6 Å². The maximum atomic E-state index is 13.7. The topological polar surface area (TPSA) is 134 Å². The Labute approximate surface area is 279 Å². The van der Waals surface area contributed by atoms with E-state index in [0.717, 1.165) is 24.7 Å². The molecule has 0 atom stereocenters. The van der Waals surface area contributed by atoms with E-state index < -0.39 is 21.8 Å². The number of esters is 1. The highest BCUT2D eigenvalue weighted by atomic mass is 32.2. The van der Waals surface area contributed by atoms with Gasteiger partial charge in [-0.2, -0.15) is 0 Å². The smallest absolute Gasteiger partial charge is 0.341 e. The number of anilines is 1. The number of ether oxygens (including phenoxy) is 4. The molecule has 256 valence electrons. The Morgan fingerprint density at radius 2 is 1.67 bits per heavy atom. The molecule has 4 aromatic rings. The molecule has 0 radical (unpaired) electrons. The van der Waals surface area contributed by atoms with Gasteiger partial charge in [0.2, 0.25) is 10.0 Å². The van der Waals surface area contributed by atoms with Crippen LogP contribution >= 0.6 is 0 Å². The summed E-state index contributed by atoms with van der Waals surface area (Å²) in [6.45, 7) is 3.08. The Kier molecular flexibility index (Phi) is 11.3. The van der Waals surface area contributed by atoms with Crippen LogP contribution in [0.25, 0.3) is 22.3 Å². The molecule has 0 spiro atoms. The van der Waals surface area contributed by atoms with Gasteiger partial charge in [0, 0.05) is 24.1 Å². The number of hydrogen-bond donors (Lipinski definition) is 1. The maximum absolute atomic E-state index is 13.7. The van der Waals surface area contributed by atoms with Gasteiger partial charge >= 0.3 is 5.97 Å². The molecule has 0 saturated heterocycles. The zero-order valence-electron chi connectivity index (χ0n) is 27.1. The number of fused-ring (bicyclic) bond motifs is 1. The molecule has 1 N–H and O–H groups in total. The van der Waals surface area contributed by atoms with Crippen molar-refractivity contribution in [3.8, 4) is 17.1 Å². The molecule has 11 nitrogen and oxygen atoms in total. The minimum atomic E-state index is -3.73. The van der Waals surface area contributed by atoms with E-state index in [0.29, 0.717) is 39.1 Å². The first-order chi connectivity index (χ1) is 23.1. The summed E-state index contributed by atoms with van der Waals surface area (Å²) >= 11 is 0. The molecule has 1 aliphatic carbocycles. The average molecular weight is 683 g/mol. The largest absolute Gasteiger partial charge is 0.490 e. The Morgan fingerprint density at radius 3 is 2.33 bits per heavy atom. The second-order valence-corrected chi connectivity index (χ2v) is 13.1. The fraction of sp³-hybridized carbons (Fsp3) is 0.371. The monoisotopic (exact) mass is 682 g/mol. The van der Waals surface area contributed by atoms with Crippen LogP contribution in [0.4, 0.5) is 10.1 Å². The van der Waals surface area contributed by atoms with E-state index in [1.807, 2.05) is 6.07 Å². The predicted molar refractivity (Wildman–Crippen MR) is 179 cm³/mol. The van der Waals surface area contributed by atoms with Gasteiger partial charge in [-0.1, -0.05) is 12.1 Å². The lowest BCUT2D eigenvalue weighted by Crippen LogP contribution is -2.34. The molecule has 48 heavy (non-hydrogen) atoms. The molecule has 1 saturated carbocycles. The first-order valence-electron chi connectivity index (χ1n) is 15.7. The number of sulfonamides is 1. The molecular weight excluding hydrogens is 643 g/mol. The molecular formula is C35H39FN2O9S. The van der Waals surface area contributed by atoms with Gasteiger partial charge in [-0.15, -0.1) is 0 Å². The van der Waals surface area contributed by atoms with Gasteiger partial charge in [-0.25, -0.2) is 17.6 Å². The van der Waals surface area contributed by atoms with E-state index in [9.17, 15) is 22.4 Å². The molecule has 3 aromatic carbocycles. The van der Waals surface area contributed by atoms with Crippen molar-refractivity contribution >= 4 is 38.6 Å². The SMILES string of the molecule is CCOC(=O)c1ccccc1OCCOCCOCCN(c1cc2oc(-c3ccc(F)cc3)c(C(=O)NC)c2cc1C1CC1)S(C)(=O)=O. The van der Waals surface area contributed by atoms with Gasteiger partial charge in [0.1, 0.15) is 35.1 Å². The van der Waals surface area contributed by atoms with Crippen molar-refractivity contribution in [2.24, 2.45) is 0 Å². The molecule has 1 aromatic heterocycles. The summed E-state index contributed by atoms with van der Waals surface area (Å²) in [7, 11) is -2.21. The van der Waals surface area contributed by atoms with Crippen LogP contribution in [0.5, 0.6) is 5.75 Å². The fourth-order valence-corrected chi connectivity index (χ4v) is 6.28. The Morgan fingerprint density at radius 1 is 0.979 bits per heavy atom. The Hall–Kier alpha value is -4.46. The normalized spacial score (nSPS) is 13.0. The highest BCUT2D eigenvalue weighted by Gasteiger charge is 2.33. The van der Waals surface area contributed by atoms with Crippen LogP contribution in [0.2, 0.25) is 0 Å². The number of hydrogen-bond acceptors (Lipinski definition) is 9. The highest BCUT2D eigenvalue weighted by molar-refractivity contribution is 7.92. The first-order valence-corrected chi connectivity index (χ1v) is 17.6. The average Bonchev–Trinajstić information content (AvgIpc) is 3.85. The quantitative estimate of drug-likeness (QED) is 0.113.